The fourth-order valence-electron chi connectivity index (χ4n) is 1.16. The largest absolute Gasteiger partial charge is 0.370 e. The molecule has 1 aromatic rings. The molecule has 1 aromatic heterocycles. The highest BCUT2D eigenvalue weighted by Gasteiger charge is 2.04. The molecule has 0 atom stereocenters. The molecule has 0 aliphatic heterocycles. The number of nitro groups is 1. The van der Waals surface area contributed by atoms with Gasteiger partial charge < -0.3 is 5.32 Å². The van der Waals surface area contributed by atoms with E-state index in [2.05, 4.69) is 15.0 Å². The Balaban J connectivity index is 2.29. The van der Waals surface area contributed by atoms with Crippen molar-refractivity contribution < 1.29 is 13.3 Å². The molecule has 0 saturated heterocycles. The van der Waals surface area contributed by atoms with Crippen molar-refractivity contribution in [3.05, 3.63) is 28.4 Å². The summed E-state index contributed by atoms with van der Waals surface area (Å²) in [5.74, 6) is 0.514. The predicted molar refractivity (Wildman–Crippen MR) is 66.8 cm³/mol. The minimum atomic E-state index is -3.15. The Morgan fingerprint density at radius 1 is 1.39 bits per heavy atom. The first kappa shape index (κ1) is 14.3. The van der Waals surface area contributed by atoms with Gasteiger partial charge in [0, 0.05) is 19.2 Å². The Kier molecular flexibility index (Phi) is 4.98. The van der Waals surface area contributed by atoms with Crippen LogP contribution in [0.5, 0.6) is 0 Å². The van der Waals surface area contributed by atoms with Crippen molar-refractivity contribution in [1.82, 2.24) is 9.71 Å². The number of nitrogens with one attached hydrogen (secondary N) is 2. The Hall–Kier alpha value is -1.74. The molecule has 0 aliphatic carbocycles. The van der Waals surface area contributed by atoms with Crippen molar-refractivity contribution in [2.45, 2.75) is 6.42 Å². The molecule has 2 N–H and O–H groups in total. The number of pyridine rings is 1. The maximum Gasteiger partial charge on any atom is 0.287 e. The summed E-state index contributed by atoms with van der Waals surface area (Å²) in [6.45, 7) is 0.853. The van der Waals surface area contributed by atoms with Gasteiger partial charge in [-0.25, -0.2) is 18.1 Å². The fourth-order valence-corrected chi connectivity index (χ4v) is 1.68. The Bertz CT molecular complexity index is 500. The summed E-state index contributed by atoms with van der Waals surface area (Å²) in [5.41, 5.74) is -0.0701. The van der Waals surface area contributed by atoms with Crippen molar-refractivity contribution in [2.75, 3.05) is 24.7 Å². The molecule has 1 rings (SSSR count). The van der Waals surface area contributed by atoms with Crippen LogP contribution < -0.4 is 10.0 Å². The highest BCUT2D eigenvalue weighted by molar-refractivity contribution is 7.88. The maximum absolute atomic E-state index is 10.8. The molecule has 100 valence electrons. The monoisotopic (exact) mass is 274 g/mol. The number of rotatable bonds is 7. The normalized spacial score (nSPS) is 11.2. The molecule has 0 amide bonds. The van der Waals surface area contributed by atoms with E-state index in [9.17, 15) is 18.5 Å². The first-order valence-corrected chi connectivity index (χ1v) is 7.06. The summed E-state index contributed by atoms with van der Waals surface area (Å²) in [4.78, 5) is 13.7. The minimum Gasteiger partial charge on any atom is -0.370 e. The van der Waals surface area contributed by atoms with Crippen LogP contribution in [0.2, 0.25) is 0 Å². The molecule has 0 fully saturated rings. The van der Waals surface area contributed by atoms with Crippen LogP contribution in [0, 0.1) is 10.1 Å². The molecule has 0 aliphatic rings. The van der Waals surface area contributed by atoms with Gasteiger partial charge in [-0.3, -0.25) is 10.1 Å². The number of sulfonamides is 1. The first-order chi connectivity index (χ1) is 8.38. The van der Waals surface area contributed by atoms with Gasteiger partial charge >= 0.3 is 0 Å². The molecule has 8 nitrogen and oxygen atoms in total. The van der Waals surface area contributed by atoms with E-state index in [1.807, 2.05) is 0 Å². The molecule has 0 bridgehead atoms. The van der Waals surface area contributed by atoms with Gasteiger partial charge in [0.2, 0.25) is 10.0 Å². The van der Waals surface area contributed by atoms with Gasteiger partial charge in [-0.15, -0.1) is 0 Å². The van der Waals surface area contributed by atoms with Crippen LogP contribution in [-0.4, -0.2) is 37.7 Å². The van der Waals surface area contributed by atoms with Gasteiger partial charge in [0.25, 0.3) is 5.69 Å². The number of hydrogen-bond donors (Lipinski definition) is 2. The third-order valence-electron chi connectivity index (χ3n) is 1.98. The van der Waals surface area contributed by atoms with E-state index < -0.39 is 14.9 Å². The van der Waals surface area contributed by atoms with E-state index in [0.29, 0.717) is 25.3 Å². The SMILES string of the molecule is CS(=O)(=O)NCCCNc1ccc([N+](=O)[O-])cn1. The van der Waals surface area contributed by atoms with E-state index in [0.717, 1.165) is 12.5 Å². The van der Waals surface area contributed by atoms with E-state index in [-0.39, 0.29) is 5.69 Å². The zero-order chi connectivity index (χ0) is 13.6. The summed E-state index contributed by atoms with van der Waals surface area (Å²) in [5, 5.41) is 13.3. The molecule has 0 saturated carbocycles. The van der Waals surface area contributed by atoms with Crippen LogP contribution in [0.1, 0.15) is 6.42 Å². The lowest BCUT2D eigenvalue weighted by atomic mass is 10.4. The van der Waals surface area contributed by atoms with E-state index in [1.54, 1.807) is 0 Å². The van der Waals surface area contributed by atoms with Crippen molar-refractivity contribution in [3.63, 3.8) is 0 Å². The van der Waals surface area contributed by atoms with Crippen LogP contribution in [0.25, 0.3) is 0 Å². The van der Waals surface area contributed by atoms with Crippen molar-refractivity contribution in [2.24, 2.45) is 0 Å². The van der Waals surface area contributed by atoms with Crippen LogP contribution in [0.3, 0.4) is 0 Å². The zero-order valence-electron chi connectivity index (χ0n) is 9.79. The second-order valence-electron chi connectivity index (χ2n) is 3.61. The molecule has 0 spiro atoms. The summed E-state index contributed by atoms with van der Waals surface area (Å²) in [6, 6.07) is 2.85. The van der Waals surface area contributed by atoms with Crippen molar-refractivity contribution >= 4 is 21.5 Å². The van der Waals surface area contributed by atoms with Gasteiger partial charge in [-0.05, 0) is 12.5 Å². The third kappa shape index (κ3) is 5.55. The van der Waals surface area contributed by atoms with Crippen LogP contribution >= 0.6 is 0 Å². The second-order valence-corrected chi connectivity index (χ2v) is 5.44. The highest BCUT2D eigenvalue weighted by Crippen LogP contribution is 2.11. The summed E-state index contributed by atoms with van der Waals surface area (Å²) in [6.07, 6.45) is 2.85. The molecule has 0 unspecified atom stereocenters. The van der Waals surface area contributed by atoms with Crippen molar-refractivity contribution in [1.29, 1.82) is 0 Å². The Morgan fingerprint density at radius 2 is 2.11 bits per heavy atom. The molecule has 0 radical (unpaired) electrons. The van der Waals surface area contributed by atoms with Crippen LogP contribution in [0.4, 0.5) is 11.5 Å². The summed E-state index contributed by atoms with van der Waals surface area (Å²) >= 11 is 0. The lowest BCUT2D eigenvalue weighted by molar-refractivity contribution is -0.385. The number of anilines is 1. The van der Waals surface area contributed by atoms with Gasteiger partial charge in [-0.2, -0.15) is 0 Å². The number of nitrogens with zero attached hydrogens (tertiary/aromatic N) is 2. The quantitative estimate of drug-likeness (QED) is 0.421. The Labute approximate surface area is 105 Å². The third-order valence-corrected chi connectivity index (χ3v) is 2.71. The predicted octanol–water partition coefficient (Wildman–Crippen LogP) is 0.341. The van der Waals surface area contributed by atoms with Crippen LogP contribution in [0.15, 0.2) is 18.3 Å². The summed E-state index contributed by atoms with van der Waals surface area (Å²) < 4.78 is 23.9. The number of aromatic nitrogens is 1. The fraction of sp³-hybridized carbons (Fsp3) is 0.444. The minimum absolute atomic E-state index is 0.0701. The van der Waals surface area contributed by atoms with E-state index in [4.69, 9.17) is 0 Å². The average Bonchev–Trinajstić information content (AvgIpc) is 2.27. The summed E-state index contributed by atoms with van der Waals surface area (Å²) in [7, 11) is -3.15. The van der Waals surface area contributed by atoms with Crippen molar-refractivity contribution in [3.8, 4) is 0 Å². The second kappa shape index (κ2) is 6.26. The topological polar surface area (TPSA) is 114 Å². The van der Waals surface area contributed by atoms with E-state index >= 15 is 0 Å². The molecular weight excluding hydrogens is 260 g/mol. The van der Waals surface area contributed by atoms with Crippen LogP contribution in [-0.2, 0) is 10.0 Å². The Morgan fingerprint density at radius 3 is 2.61 bits per heavy atom. The molecule has 18 heavy (non-hydrogen) atoms. The van der Waals surface area contributed by atoms with Gasteiger partial charge in [0.05, 0.1) is 11.2 Å². The van der Waals surface area contributed by atoms with Gasteiger partial charge in [0.1, 0.15) is 12.0 Å². The smallest absolute Gasteiger partial charge is 0.287 e. The molecule has 0 aromatic carbocycles. The lowest BCUT2D eigenvalue weighted by Gasteiger charge is -2.05. The highest BCUT2D eigenvalue weighted by atomic mass is 32.2. The average molecular weight is 274 g/mol. The molecule has 1 heterocycles. The molecular formula is C9H14N4O4S. The molecule has 9 heteroatoms. The van der Waals surface area contributed by atoms with Gasteiger partial charge in [0.15, 0.2) is 0 Å². The maximum atomic E-state index is 10.8. The lowest BCUT2D eigenvalue weighted by Crippen LogP contribution is -2.24. The van der Waals surface area contributed by atoms with Gasteiger partial charge in [-0.1, -0.05) is 0 Å². The zero-order valence-corrected chi connectivity index (χ0v) is 10.6. The standard InChI is InChI=1S/C9H14N4O4S/c1-18(16,17)12-6-2-5-10-9-4-3-8(7-11-9)13(14)15/h3-4,7,12H,2,5-6H2,1H3,(H,10,11). The van der Waals surface area contributed by atoms with E-state index in [1.165, 1.54) is 12.1 Å². The number of hydrogen-bond acceptors (Lipinski definition) is 6. The first-order valence-electron chi connectivity index (χ1n) is 5.17.